The molecule has 0 aliphatic rings. The Morgan fingerprint density at radius 3 is 1.45 bits per heavy atom. The molecule has 0 heterocycles. The molecule has 0 atom stereocenters. The van der Waals surface area contributed by atoms with E-state index in [0.29, 0.717) is 37.1 Å². The van der Waals surface area contributed by atoms with Crippen LogP contribution in [0.15, 0.2) is 24.3 Å². The van der Waals surface area contributed by atoms with Gasteiger partial charge >= 0.3 is 0 Å². The topological polar surface area (TPSA) is 98.7 Å². The smallest absolute Gasteiger partial charge is 0.251 e. The zero-order chi connectivity index (χ0) is 14.8. The monoisotopic (exact) mass is 280 g/mol. The van der Waals surface area contributed by atoms with Crippen molar-refractivity contribution >= 4 is 11.8 Å². The molecule has 0 spiro atoms. The van der Waals surface area contributed by atoms with Crippen molar-refractivity contribution in [2.45, 2.75) is 12.8 Å². The normalized spacial score (nSPS) is 10.1. The molecular formula is C14H20N2O4. The van der Waals surface area contributed by atoms with E-state index in [2.05, 4.69) is 10.6 Å². The van der Waals surface area contributed by atoms with Gasteiger partial charge in [0.2, 0.25) is 0 Å². The summed E-state index contributed by atoms with van der Waals surface area (Å²) >= 11 is 0. The number of carbonyl (C=O) groups is 2. The van der Waals surface area contributed by atoms with Gasteiger partial charge in [0, 0.05) is 37.4 Å². The van der Waals surface area contributed by atoms with Gasteiger partial charge in [0.1, 0.15) is 0 Å². The van der Waals surface area contributed by atoms with Crippen molar-refractivity contribution in [3.8, 4) is 0 Å². The summed E-state index contributed by atoms with van der Waals surface area (Å²) in [4.78, 5) is 23.4. The second-order valence-corrected chi connectivity index (χ2v) is 4.24. The lowest BCUT2D eigenvalue weighted by atomic mass is 10.1. The van der Waals surface area contributed by atoms with E-state index in [1.165, 1.54) is 0 Å². The lowest BCUT2D eigenvalue weighted by molar-refractivity contribution is 0.0939. The molecule has 6 nitrogen and oxygen atoms in total. The van der Waals surface area contributed by atoms with E-state index in [1.807, 2.05) is 0 Å². The summed E-state index contributed by atoms with van der Waals surface area (Å²) in [6, 6.07) is 6.31. The van der Waals surface area contributed by atoms with Crippen LogP contribution in [-0.4, -0.2) is 48.3 Å². The molecule has 0 saturated carbocycles. The van der Waals surface area contributed by atoms with Crippen molar-refractivity contribution < 1.29 is 19.8 Å². The van der Waals surface area contributed by atoms with Crippen LogP contribution in [0.3, 0.4) is 0 Å². The molecular weight excluding hydrogens is 260 g/mol. The number of rotatable bonds is 8. The zero-order valence-electron chi connectivity index (χ0n) is 11.3. The van der Waals surface area contributed by atoms with Gasteiger partial charge in [-0.2, -0.15) is 0 Å². The standard InChI is InChI=1S/C14H20N2O4/c17-9-1-7-15-13(19)11-3-5-12(6-4-11)14(20)16-8-2-10-18/h3-6,17-18H,1-2,7-10H2,(H,15,19)(H,16,20). The number of nitrogens with one attached hydrogen (secondary N) is 2. The van der Waals surface area contributed by atoms with Crippen LogP contribution in [0.25, 0.3) is 0 Å². The highest BCUT2D eigenvalue weighted by molar-refractivity contribution is 5.97. The lowest BCUT2D eigenvalue weighted by Crippen LogP contribution is -2.26. The minimum absolute atomic E-state index is 0.0349. The third-order valence-corrected chi connectivity index (χ3v) is 2.65. The molecule has 110 valence electrons. The predicted octanol–water partition coefficient (Wildman–Crippen LogP) is -0.0890. The van der Waals surface area contributed by atoms with Gasteiger partial charge in [0.15, 0.2) is 0 Å². The maximum atomic E-state index is 11.7. The number of amides is 2. The fourth-order valence-electron chi connectivity index (χ4n) is 1.54. The molecule has 0 aromatic heterocycles. The third kappa shape index (κ3) is 5.38. The van der Waals surface area contributed by atoms with Crippen molar-refractivity contribution in [1.29, 1.82) is 0 Å². The van der Waals surface area contributed by atoms with Gasteiger partial charge in [-0.3, -0.25) is 9.59 Å². The zero-order valence-corrected chi connectivity index (χ0v) is 11.3. The number of hydrogen-bond acceptors (Lipinski definition) is 4. The number of benzene rings is 1. The Hall–Kier alpha value is -1.92. The first kappa shape index (κ1) is 16.1. The second kappa shape index (κ2) is 9.06. The first-order valence-electron chi connectivity index (χ1n) is 6.57. The highest BCUT2D eigenvalue weighted by Crippen LogP contribution is 2.04. The maximum Gasteiger partial charge on any atom is 0.251 e. The predicted molar refractivity (Wildman–Crippen MR) is 74.5 cm³/mol. The fraction of sp³-hybridized carbons (Fsp3) is 0.429. The summed E-state index contributed by atoms with van der Waals surface area (Å²) in [7, 11) is 0. The summed E-state index contributed by atoms with van der Waals surface area (Å²) in [5, 5.41) is 22.6. The second-order valence-electron chi connectivity index (χ2n) is 4.24. The highest BCUT2D eigenvalue weighted by atomic mass is 16.3. The van der Waals surface area contributed by atoms with Crippen LogP contribution in [0.2, 0.25) is 0 Å². The fourth-order valence-corrected chi connectivity index (χ4v) is 1.54. The summed E-state index contributed by atoms with van der Waals surface area (Å²) in [5.41, 5.74) is 0.935. The Labute approximate surface area is 117 Å². The molecule has 1 aromatic carbocycles. The van der Waals surface area contributed by atoms with Gasteiger partial charge < -0.3 is 20.8 Å². The Morgan fingerprint density at radius 2 is 1.15 bits per heavy atom. The van der Waals surface area contributed by atoms with Gasteiger partial charge in [0.25, 0.3) is 11.8 Å². The Kier molecular flexibility index (Phi) is 7.31. The average molecular weight is 280 g/mol. The lowest BCUT2D eigenvalue weighted by Gasteiger charge is -2.06. The van der Waals surface area contributed by atoms with Crippen LogP contribution in [0.1, 0.15) is 33.6 Å². The number of aliphatic hydroxyl groups is 2. The molecule has 2 amide bonds. The first-order chi connectivity index (χ1) is 9.69. The van der Waals surface area contributed by atoms with Crippen LogP contribution < -0.4 is 10.6 Å². The molecule has 0 radical (unpaired) electrons. The summed E-state index contributed by atoms with van der Waals surface area (Å²) in [6.45, 7) is 0.901. The van der Waals surface area contributed by atoms with Crippen molar-refractivity contribution in [2.75, 3.05) is 26.3 Å². The number of aliphatic hydroxyl groups excluding tert-OH is 2. The largest absolute Gasteiger partial charge is 0.396 e. The van der Waals surface area contributed by atoms with Crippen molar-refractivity contribution in [3.05, 3.63) is 35.4 Å². The van der Waals surface area contributed by atoms with Crippen LogP contribution in [-0.2, 0) is 0 Å². The maximum absolute atomic E-state index is 11.7. The van der Waals surface area contributed by atoms with Gasteiger partial charge in [0.05, 0.1) is 0 Å². The van der Waals surface area contributed by atoms with Crippen LogP contribution in [0, 0.1) is 0 Å². The SMILES string of the molecule is O=C(NCCCO)c1ccc(C(=O)NCCCO)cc1. The number of carbonyl (C=O) groups excluding carboxylic acids is 2. The van der Waals surface area contributed by atoms with E-state index in [4.69, 9.17) is 10.2 Å². The van der Waals surface area contributed by atoms with Gasteiger partial charge in [-0.15, -0.1) is 0 Å². The highest BCUT2D eigenvalue weighted by Gasteiger charge is 2.08. The van der Waals surface area contributed by atoms with Crippen LogP contribution >= 0.6 is 0 Å². The third-order valence-electron chi connectivity index (χ3n) is 2.65. The van der Waals surface area contributed by atoms with Crippen LogP contribution in [0.5, 0.6) is 0 Å². The first-order valence-corrected chi connectivity index (χ1v) is 6.57. The van der Waals surface area contributed by atoms with E-state index >= 15 is 0 Å². The van der Waals surface area contributed by atoms with Crippen molar-refractivity contribution in [3.63, 3.8) is 0 Å². The molecule has 0 bridgehead atoms. The minimum atomic E-state index is -0.231. The Bertz CT molecular complexity index is 390. The van der Waals surface area contributed by atoms with Gasteiger partial charge in [-0.05, 0) is 37.1 Å². The summed E-state index contributed by atoms with van der Waals surface area (Å²) in [6.07, 6.45) is 1.02. The van der Waals surface area contributed by atoms with E-state index in [9.17, 15) is 9.59 Å². The quantitative estimate of drug-likeness (QED) is 0.500. The summed E-state index contributed by atoms with van der Waals surface area (Å²) < 4.78 is 0. The average Bonchev–Trinajstić information content (AvgIpc) is 2.47. The molecule has 6 heteroatoms. The van der Waals surface area contributed by atoms with Gasteiger partial charge in [-0.1, -0.05) is 0 Å². The van der Waals surface area contributed by atoms with Gasteiger partial charge in [-0.25, -0.2) is 0 Å². The van der Waals surface area contributed by atoms with E-state index in [0.717, 1.165) is 0 Å². The van der Waals surface area contributed by atoms with E-state index < -0.39 is 0 Å². The summed E-state index contributed by atoms with van der Waals surface area (Å²) in [5.74, 6) is -0.462. The molecule has 20 heavy (non-hydrogen) atoms. The van der Waals surface area contributed by atoms with Crippen molar-refractivity contribution in [2.24, 2.45) is 0 Å². The molecule has 0 unspecified atom stereocenters. The molecule has 1 aromatic rings. The molecule has 0 aliphatic heterocycles. The molecule has 1 rings (SSSR count). The van der Waals surface area contributed by atoms with Crippen LogP contribution in [0.4, 0.5) is 0 Å². The van der Waals surface area contributed by atoms with Crippen molar-refractivity contribution in [1.82, 2.24) is 10.6 Å². The molecule has 0 aliphatic carbocycles. The Balaban J connectivity index is 2.50. The molecule has 4 N–H and O–H groups in total. The minimum Gasteiger partial charge on any atom is -0.396 e. The van der Waals surface area contributed by atoms with E-state index in [1.54, 1.807) is 24.3 Å². The Morgan fingerprint density at radius 1 is 0.800 bits per heavy atom. The molecule has 0 fully saturated rings. The number of hydrogen-bond donors (Lipinski definition) is 4. The molecule has 0 saturated heterocycles. The van der Waals surface area contributed by atoms with E-state index in [-0.39, 0.29) is 25.0 Å².